The minimum atomic E-state index is -0.779. The molecule has 0 saturated heterocycles. The molecule has 10 heteroatoms. The van der Waals surface area contributed by atoms with E-state index in [1.807, 2.05) is 12.4 Å². The smallest absolute Gasteiger partial charge is 0.581 e. The third-order valence-electron chi connectivity index (χ3n) is 28.2. The standard InChI is InChI=1S/2C57H62N4.2Pt/c2*1-35-36(2)61(34-60(35)15)57(49-25-21-39(54(9,10)11)32-45(49)46-33-40(55(12,13)14)22-26-50(46)57)42-18-16-17-41(29-42)56(51-27-28-58-59-51)47-23-19-37(52(3,4)5)30-43(47)44-31-38(53(6,7)8)20-24-48(44)56;;/h2*16-28,30-33H,1-15H3;;/q;;2*+2. The second-order valence-corrected chi connectivity index (χ2v) is 44.1. The Morgan fingerprint density at radius 1 is 0.266 bits per heavy atom. The number of benzene rings is 10. The van der Waals surface area contributed by atoms with Crippen LogP contribution in [0.5, 0.6) is 0 Å². The van der Waals surface area contributed by atoms with E-state index in [-0.39, 0.29) is 85.5 Å². The van der Waals surface area contributed by atoms with Gasteiger partial charge in [-0.05, 0) is 155 Å². The Hall–Kier alpha value is -9.76. The van der Waals surface area contributed by atoms with Gasteiger partial charge >= 0.3 is 54.1 Å². The molecule has 0 amide bonds. The van der Waals surface area contributed by atoms with Gasteiger partial charge in [0.25, 0.3) is 22.8 Å². The molecule has 0 N–H and O–H groups in total. The molecule has 124 heavy (non-hydrogen) atoms. The van der Waals surface area contributed by atoms with Gasteiger partial charge in [0, 0.05) is 61.3 Å². The van der Waals surface area contributed by atoms with Crippen molar-refractivity contribution in [3.05, 3.63) is 364 Å². The first-order chi connectivity index (χ1) is 57.0. The molecular formula is C114H124N8Pt2+4. The van der Waals surface area contributed by atoms with Crippen LogP contribution in [0.4, 0.5) is 0 Å². The van der Waals surface area contributed by atoms with Gasteiger partial charge in [-0.1, -0.05) is 353 Å². The molecule has 2 aliphatic heterocycles. The molecule has 4 aliphatic carbocycles. The van der Waals surface area contributed by atoms with Crippen molar-refractivity contribution in [1.82, 2.24) is 20.4 Å². The minimum absolute atomic E-state index is 0. The third kappa shape index (κ3) is 13.5. The summed E-state index contributed by atoms with van der Waals surface area (Å²) in [6.07, 6.45) is 3.69. The van der Waals surface area contributed by atoms with E-state index in [9.17, 15) is 0 Å². The Kier molecular flexibility index (Phi) is 21.5. The first-order valence-corrected chi connectivity index (χ1v) is 44.1. The Bertz CT molecular complexity index is 5950. The van der Waals surface area contributed by atoms with Gasteiger partial charge < -0.3 is 20.4 Å². The van der Waals surface area contributed by atoms with Crippen LogP contribution >= 0.6 is 0 Å². The minimum Gasteiger partial charge on any atom is -0.581 e. The summed E-state index contributed by atoms with van der Waals surface area (Å²) in [6, 6.07) is 91.5. The van der Waals surface area contributed by atoms with Crippen LogP contribution in [0.15, 0.2) is 229 Å². The predicted octanol–water partition coefficient (Wildman–Crippen LogP) is 25.5. The number of hydrogen-bond acceptors (Lipinski definition) is 2. The summed E-state index contributed by atoms with van der Waals surface area (Å²) in [5, 5.41) is 19.0. The molecule has 0 bridgehead atoms. The molecule has 0 fully saturated rings. The number of hydrogen-bond donors (Lipinski definition) is 0. The summed E-state index contributed by atoms with van der Waals surface area (Å²) in [7, 11) is 4.23. The van der Waals surface area contributed by atoms with E-state index >= 15 is 0 Å². The van der Waals surface area contributed by atoms with Gasteiger partial charge in [0.15, 0.2) is 14.1 Å². The van der Waals surface area contributed by atoms with Crippen LogP contribution < -0.4 is 10.2 Å². The normalized spacial score (nSPS) is 16.3. The largest absolute Gasteiger partial charge is 2.00 e. The number of nitrogens with zero attached hydrogens (tertiary/aromatic N) is 8. The van der Waals surface area contributed by atoms with E-state index < -0.39 is 21.9 Å². The van der Waals surface area contributed by atoms with Gasteiger partial charge in [-0.3, -0.25) is 0 Å². The van der Waals surface area contributed by atoms with E-state index in [1.54, 1.807) is 0 Å². The van der Waals surface area contributed by atoms with Crippen molar-refractivity contribution in [3.8, 4) is 44.5 Å². The Balaban J connectivity index is 0.000000189. The van der Waals surface area contributed by atoms with Crippen LogP contribution in [0.3, 0.4) is 0 Å². The monoisotopic (exact) mass is 1990 g/mol. The summed E-state index contributed by atoms with van der Waals surface area (Å²) in [5.74, 6) is 0. The summed E-state index contributed by atoms with van der Waals surface area (Å²) in [6.45, 7) is 64.3. The van der Waals surface area contributed by atoms with Gasteiger partial charge in [0.2, 0.25) is 11.1 Å². The van der Waals surface area contributed by atoms with Crippen molar-refractivity contribution in [1.29, 1.82) is 0 Å². The fourth-order valence-electron chi connectivity index (χ4n) is 20.5. The van der Waals surface area contributed by atoms with Crippen molar-refractivity contribution in [2.24, 2.45) is 0 Å². The number of aromatic nitrogens is 4. The first kappa shape index (κ1) is 89.1. The van der Waals surface area contributed by atoms with E-state index in [0.29, 0.717) is 0 Å². The summed E-state index contributed by atoms with van der Waals surface area (Å²) >= 11 is 0. The van der Waals surface area contributed by atoms with Gasteiger partial charge in [0.1, 0.15) is 0 Å². The molecule has 0 saturated carbocycles. The molecular weight excluding hydrogens is 1870 g/mol. The molecule has 10 aromatic carbocycles. The molecule has 636 valence electrons. The average Bonchev–Trinajstić information content (AvgIpc) is 1.52. The Morgan fingerprint density at radius 2 is 0.468 bits per heavy atom. The van der Waals surface area contributed by atoms with Gasteiger partial charge in [0.05, 0.1) is 10.8 Å². The van der Waals surface area contributed by atoms with Crippen LogP contribution in [0.2, 0.25) is 0 Å². The fourth-order valence-corrected chi connectivity index (χ4v) is 20.5. The van der Waals surface area contributed by atoms with Crippen LogP contribution in [0, 0.1) is 12.1 Å². The Morgan fingerprint density at radius 3 is 0.653 bits per heavy atom. The van der Waals surface area contributed by atoms with Crippen LogP contribution in [0.1, 0.15) is 317 Å². The van der Waals surface area contributed by atoms with Gasteiger partial charge in [-0.25, -0.2) is 0 Å². The third-order valence-corrected chi connectivity index (χ3v) is 28.2. The summed E-state index contributed by atoms with van der Waals surface area (Å²) < 4.78 is 9.12. The van der Waals surface area contributed by atoms with E-state index in [2.05, 4.69) is 455 Å². The molecule has 18 rings (SSSR count). The molecule has 6 aliphatic rings. The van der Waals surface area contributed by atoms with E-state index in [4.69, 9.17) is 10.2 Å². The molecule has 12 aromatic rings. The maximum atomic E-state index is 4.97. The van der Waals surface area contributed by atoms with Crippen molar-refractivity contribution in [2.75, 3.05) is 14.1 Å². The Labute approximate surface area is 768 Å². The number of rotatable bonds is 8. The molecule has 4 heterocycles. The quantitative estimate of drug-likeness (QED) is 0.112. The second-order valence-electron chi connectivity index (χ2n) is 44.1. The molecule has 0 atom stereocenters. The first-order valence-electron chi connectivity index (χ1n) is 44.1. The van der Waals surface area contributed by atoms with Crippen molar-refractivity contribution in [3.63, 3.8) is 0 Å². The average molecular weight is 2000 g/mol. The van der Waals surface area contributed by atoms with E-state index in [0.717, 1.165) is 45.0 Å². The van der Waals surface area contributed by atoms with Crippen LogP contribution in [-0.4, -0.2) is 54.6 Å². The van der Waals surface area contributed by atoms with Crippen molar-refractivity contribution >= 4 is 12.0 Å². The molecule has 0 radical (unpaired) electrons. The molecule has 0 unspecified atom stereocenters. The van der Waals surface area contributed by atoms with E-state index in [1.165, 1.54) is 145 Å². The molecule has 8 nitrogen and oxygen atoms in total. The topological polar surface area (TPSA) is 66.0 Å². The van der Waals surface area contributed by atoms with Gasteiger partial charge in [-0.15, -0.1) is 11.1 Å². The van der Waals surface area contributed by atoms with Gasteiger partial charge in [-0.2, -0.15) is 60.9 Å². The van der Waals surface area contributed by atoms with Crippen molar-refractivity contribution < 1.29 is 60.4 Å². The zero-order valence-corrected chi connectivity index (χ0v) is 83.4. The SMILES string of the molecule is CC1=C(C)[N+](C2(c3[c-]c(C4(c5cc[n-]n5)c5ccc(C(C)(C)C)cc5-c5cc(C(C)(C)C)ccc54)ccc3)c3ccc(C(C)(C)C)cc3-c3cc(C(C)(C)C)ccc32)=C=[N+]1C.CC1=C(C)[N+](C2(c3[c-]c(C4(c5cc[n-]n5)c5ccc(C(C)(C)C)cc5-c5cc(C(C)(C)C)ccc54)ccc3)c3ccc(C(C)(C)C)cc3-c3cc(C(C)(C)C)ccc32)=C=[N+]1C.[Pt+2].[Pt+2]. The zero-order valence-electron chi connectivity index (χ0n) is 78.8. The number of fused-ring (bicyclic) bond motifs is 12. The maximum Gasteiger partial charge on any atom is 2.00 e. The summed E-state index contributed by atoms with van der Waals surface area (Å²) in [4.78, 5) is 0. The molecule has 0 spiro atoms. The number of allylic oxidation sites excluding steroid dienone is 4. The molecule has 2 aromatic heterocycles. The van der Waals surface area contributed by atoms with Crippen molar-refractivity contribution in [2.45, 2.75) is 259 Å². The predicted molar refractivity (Wildman–Crippen MR) is 500 cm³/mol. The second kappa shape index (κ2) is 30.0. The summed E-state index contributed by atoms with van der Waals surface area (Å²) in [5.41, 5.74) is 37.9. The zero-order chi connectivity index (χ0) is 87.6. The van der Waals surface area contributed by atoms with Crippen LogP contribution in [-0.2, 0) is 107 Å². The maximum absolute atomic E-state index is 4.97. The van der Waals surface area contributed by atoms with Crippen LogP contribution in [0.25, 0.3) is 44.5 Å². The fraction of sp³-hybridized carbons (Fsp3) is 0.368.